The van der Waals surface area contributed by atoms with Crippen LogP contribution >= 0.6 is 0 Å². The number of hydrogen-bond acceptors (Lipinski definition) is 4. The minimum atomic E-state index is -1.24. The molecule has 0 unspecified atom stereocenters. The molecule has 4 aromatic carbocycles. The lowest BCUT2D eigenvalue weighted by molar-refractivity contribution is 0.0686. The van der Waals surface area contributed by atoms with Crippen molar-refractivity contribution in [2.45, 2.75) is 0 Å². The maximum absolute atomic E-state index is 12.4. The van der Waals surface area contributed by atoms with E-state index >= 15 is 0 Å². The normalized spacial score (nSPS) is 10.8. The van der Waals surface area contributed by atoms with Gasteiger partial charge in [0, 0.05) is 16.5 Å². The number of carboxylic acids is 2. The summed E-state index contributed by atoms with van der Waals surface area (Å²) in [4.78, 5) is 23.8. The van der Waals surface area contributed by atoms with Gasteiger partial charge in [0.1, 0.15) is 11.5 Å². The van der Waals surface area contributed by atoms with Crippen molar-refractivity contribution in [1.82, 2.24) is 0 Å². The summed E-state index contributed by atoms with van der Waals surface area (Å²) in [5, 5.41) is 40.8. The van der Waals surface area contributed by atoms with Crippen LogP contribution in [-0.4, -0.2) is 32.4 Å². The molecule has 0 fully saturated rings. The van der Waals surface area contributed by atoms with Crippen molar-refractivity contribution in [3.63, 3.8) is 0 Å². The number of phenolic OH excluding ortho intramolecular Hbond substituents is 2. The number of benzene rings is 4. The fourth-order valence-electron chi connectivity index (χ4n) is 3.63. The Balaban J connectivity index is 2.23. The molecule has 0 spiro atoms. The van der Waals surface area contributed by atoms with Crippen LogP contribution in [0.4, 0.5) is 0 Å². The number of phenols is 2. The number of carbonyl (C=O) groups is 2. The molecule has 30 heavy (non-hydrogen) atoms. The van der Waals surface area contributed by atoms with E-state index in [9.17, 15) is 30.0 Å². The van der Waals surface area contributed by atoms with Gasteiger partial charge in [-0.05, 0) is 40.8 Å². The van der Waals surface area contributed by atoms with Crippen LogP contribution in [0.5, 0.6) is 11.5 Å². The van der Waals surface area contributed by atoms with E-state index in [4.69, 9.17) is 0 Å². The number of aromatic hydroxyl groups is 2. The topological polar surface area (TPSA) is 115 Å². The first kappa shape index (κ1) is 19.0. The maximum Gasteiger partial charge on any atom is 0.337 e. The molecule has 4 N–H and O–H groups in total. The molecule has 0 bridgehead atoms. The lowest BCUT2D eigenvalue weighted by Gasteiger charge is -2.18. The highest BCUT2D eigenvalue weighted by Gasteiger charge is 2.26. The molecule has 0 saturated carbocycles. The van der Waals surface area contributed by atoms with E-state index in [1.54, 1.807) is 42.5 Å². The minimum absolute atomic E-state index is 0.0233. The standard InChI is InChI=1S/C24H16O6/c25-16-9-6-14(7-10-16)19-17-11-8-15(23(27)28)12-18(17)22(26)20(21(19)24(29)30)13-4-2-1-3-5-13/h1-12,25-26H,(H,27,28)(H,29,30). The Kier molecular flexibility index (Phi) is 4.60. The molecule has 148 valence electrons. The monoisotopic (exact) mass is 400 g/mol. The SMILES string of the molecule is O=C(O)c1ccc2c(-c3ccc(O)cc3)c(C(=O)O)c(-c3ccccc3)c(O)c2c1. The van der Waals surface area contributed by atoms with Gasteiger partial charge in [0.2, 0.25) is 0 Å². The van der Waals surface area contributed by atoms with Crippen LogP contribution in [0, 0.1) is 0 Å². The highest BCUT2D eigenvalue weighted by Crippen LogP contribution is 2.46. The minimum Gasteiger partial charge on any atom is -0.508 e. The van der Waals surface area contributed by atoms with Gasteiger partial charge >= 0.3 is 11.9 Å². The van der Waals surface area contributed by atoms with Crippen molar-refractivity contribution < 1.29 is 30.0 Å². The zero-order valence-electron chi connectivity index (χ0n) is 15.5. The number of fused-ring (bicyclic) bond motifs is 1. The molecule has 0 aliphatic heterocycles. The molecule has 0 aliphatic rings. The molecule has 6 heteroatoms. The molecule has 0 aliphatic carbocycles. The van der Waals surface area contributed by atoms with Gasteiger partial charge in [0.05, 0.1) is 11.1 Å². The predicted octanol–water partition coefficient (Wildman–Crippen LogP) is 4.98. The molecule has 0 atom stereocenters. The van der Waals surface area contributed by atoms with Crippen molar-refractivity contribution in [2.75, 3.05) is 0 Å². The fraction of sp³-hybridized carbons (Fsp3) is 0. The third kappa shape index (κ3) is 3.10. The number of hydrogen-bond donors (Lipinski definition) is 4. The van der Waals surface area contributed by atoms with E-state index in [-0.39, 0.29) is 33.6 Å². The molecule has 4 rings (SSSR count). The van der Waals surface area contributed by atoms with Crippen LogP contribution in [0.2, 0.25) is 0 Å². The second kappa shape index (κ2) is 7.25. The Morgan fingerprint density at radius 2 is 1.27 bits per heavy atom. The smallest absolute Gasteiger partial charge is 0.337 e. The summed E-state index contributed by atoms with van der Waals surface area (Å²) in [5.74, 6) is -2.68. The van der Waals surface area contributed by atoms with Gasteiger partial charge < -0.3 is 20.4 Å². The quantitative estimate of drug-likeness (QED) is 0.384. The van der Waals surface area contributed by atoms with E-state index in [0.29, 0.717) is 22.1 Å². The Morgan fingerprint density at radius 1 is 0.633 bits per heavy atom. The first-order valence-electron chi connectivity index (χ1n) is 9.02. The molecule has 0 heterocycles. The molecule has 0 saturated heterocycles. The average molecular weight is 400 g/mol. The molecule has 6 nitrogen and oxygen atoms in total. The second-order valence-corrected chi connectivity index (χ2v) is 6.76. The van der Waals surface area contributed by atoms with Crippen LogP contribution < -0.4 is 0 Å². The fourth-order valence-corrected chi connectivity index (χ4v) is 3.63. The van der Waals surface area contributed by atoms with Gasteiger partial charge in [-0.25, -0.2) is 9.59 Å². The van der Waals surface area contributed by atoms with Crippen LogP contribution in [-0.2, 0) is 0 Å². The van der Waals surface area contributed by atoms with E-state index in [1.165, 1.54) is 30.3 Å². The molecular formula is C24H16O6. The van der Waals surface area contributed by atoms with Crippen molar-refractivity contribution in [3.8, 4) is 33.8 Å². The van der Waals surface area contributed by atoms with E-state index in [1.807, 2.05) is 0 Å². The van der Waals surface area contributed by atoms with E-state index < -0.39 is 11.9 Å². The van der Waals surface area contributed by atoms with Crippen molar-refractivity contribution in [2.24, 2.45) is 0 Å². The number of rotatable bonds is 4. The third-order valence-corrected chi connectivity index (χ3v) is 4.96. The number of carboxylic acid groups (broad SMARTS) is 2. The van der Waals surface area contributed by atoms with Crippen LogP contribution in [0.3, 0.4) is 0 Å². The van der Waals surface area contributed by atoms with Gasteiger partial charge in [0.25, 0.3) is 0 Å². The van der Waals surface area contributed by atoms with E-state index in [0.717, 1.165) is 0 Å². The summed E-state index contributed by atoms with van der Waals surface area (Å²) in [7, 11) is 0. The van der Waals surface area contributed by atoms with Crippen LogP contribution in [0.25, 0.3) is 33.0 Å². The summed E-state index contributed by atoms with van der Waals surface area (Å²) in [6, 6.07) is 18.8. The molecule has 4 aromatic rings. The van der Waals surface area contributed by atoms with Crippen molar-refractivity contribution in [1.29, 1.82) is 0 Å². The van der Waals surface area contributed by atoms with Gasteiger partial charge in [-0.2, -0.15) is 0 Å². The molecule has 0 aromatic heterocycles. The summed E-state index contributed by atoms with van der Waals surface area (Å²) in [5.41, 5.74) is 1.27. The highest BCUT2D eigenvalue weighted by atomic mass is 16.4. The Labute approximate surface area is 170 Å². The molecule has 0 radical (unpaired) electrons. The maximum atomic E-state index is 12.4. The lowest BCUT2D eigenvalue weighted by Crippen LogP contribution is -2.05. The highest BCUT2D eigenvalue weighted by molar-refractivity contribution is 6.16. The lowest BCUT2D eigenvalue weighted by atomic mass is 9.85. The Hall–Kier alpha value is -4.32. The van der Waals surface area contributed by atoms with Crippen molar-refractivity contribution in [3.05, 3.63) is 83.9 Å². The average Bonchev–Trinajstić information content (AvgIpc) is 2.74. The zero-order chi connectivity index (χ0) is 21.4. The van der Waals surface area contributed by atoms with E-state index in [2.05, 4.69) is 0 Å². The van der Waals surface area contributed by atoms with Crippen LogP contribution in [0.1, 0.15) is 20.7 Å². The first-order valence-corrected chi connectivity index (χ1v) is 9.02. The second-order valence-electron chi connectivity index (χ2n) is 6.76. The van der Waals surface area contributed by atoms with Gasteiger partial charge in [-0.15, -0.1) is 0 Å². The predicted molar refractivity (Wildman–Crippen MR) is 112 cm³/mol. The third-order valence-electron chi connectivity index (χ3n) is 4.96. The summed E-state index contributed by atoms with van der Waals surface area (Å²) < 4.78 is 0. The van der Waals surface area contributed by atoms with Gasteiger partial charge in [0.15, 0.2) is 0 Å². The Bertz CT molecular complexity index is 1290. The van der Waals surface area contributed by atoms with Crippen molar-refractivity contribution >= 4 is 22.7 Å². The number of aromatic carboxylic acids is 2. The molecule has 0 amide bonds. The molecular weight excluding hydrogens is 384 g/mol. The van der Waals surface area contributed by atoms with Gasteiger partial charge in [-0.1, -0.05) is 48.5 Å². The first-order chi connectivity index (χ1) is 14.4. The van der Waals surface area contributed by atoms with Crippen LogP contribution in [0.15, 0.2) is 72.8 Å². The largest absolute Gasteiger partial charge is 0.508 e. The zero-order valence-corrected chi connectivity index (χ0v) is 15.5. The summed E-state index contributed by atoms with van der Waals surface area (Å²) in [6.45, 7) is 0. The summed E-state index contributed by atoms with van der Waals surface area (Å²) in [6.07, 6.45) is 0. The Morgan fingerprint density at radius 3 is 1.87 bits per heavy atom. The summed E-state index contributed by atoms with van der Waals surface area (Å²) >= 11 is 0. The van der Waals surface area contributed by atoms with Gasteiger partial charge in [-0.3, -0.25) is 0 Å².